The molecule has 22 heavy (non-hydrogen) atoms. The molecule has 1 aromatic carbocycles. The fourth-order valence-corrected chi connectivity index (χ4v) is 3.45. The van der Waals surface area contributed by atoms with Gasteiger partial charge in [-0.1, -0.05) is 37.3 Å². The zero-order valence-electron chi connectivity index (χ0n) is 13.3. The molecule has 0 aromatic heterocycles. The molecule has 0 radical (unpaired) electrons. The minimum absolute atomic E-state index is 0.151. The summed E-state index contributed by atoms with van der Waals surface area (Å²) in [4.78, 5) is 6.48. The van der Waals surface area contributed by atoms with Crippen LogP contribution in [0.3, 0.4) is 0 Å². The topological polar surface area (TPSA) is 61.8 Å². The van der Waals surface area contributed by atoms with Gasteiger partial charge >= 0.3 is 0 Å². The van der Waals surface area contributed by atoms with Gasteiger partial charge in [0.05, 0.1) is 5.75 Å². The van der Waals surface area contributed by atoms with Crippen LogP contribution in [0.25, 0.3) is 0 Å². The number of benzene rings is 1. The Balaban J connectivity index is 1.88. The molecule has 1 aromatic rings. The van der Waals surface area contributed by atoms with Crippen molar-refractivity contribution in [1.82, 2.24) is 10.2 Å². The van der Waals surface area contributed by atoms with E-state index in [2.05, 4.69) is 39.5 Å². The zero-order chi connectivity index (χ0) is 16.0. The van der Waals surface area contributed by atoms with Crippen LogP contribution >= 0.6 is 0 Å². The number of nitrogens with zero attached hydrogens (tertiary/aromatic N) is 2. The SMILES string of the molecule is CCS(=O)(=O)CCNC(=NC)N1CCC(c2ccccc2)C1. The molecule has 1 heterocycles. The third-order valence-electron chi connectivity index (χ3n) is 4.11. The Labute approximate surface area is 133 Å². The van der Waals surface area contributed by atoms with E-state index in [4.69, 9.17) is 0 Å². The van der Waals surface area contributed by atoms with Gasteiger partial charge in [-0.25, -0.2) is 8.42 Å². The lowest BCUT2D eigenvalue weighted by Crippen LogP contribution is -2.41. The summed E-state index contributed by atoms with van der Waals surface area (Å²) >= 11 is 0. The van der Waals surface area contributed by atoms with E-state index in [1.54, 1.807) is 14.0 Å². The monoisotopic (exact) mass is 323 g/mol. The summed E-state index contributed by atoms with van der Waals surface area (Å²) in [6.07, 6.45) is 1.10. The van der Waals surface area contributed by atoms with E-state index in [9.17, 15) is 8.42 Å². The van der Waals surface area contributed by atoms with Gasteiger partial charge in [-0.15, -0.1) is 0 Å². The lowest BCUT2D eigenvalue weighted by Gasteiger charge is -2.21. The standard InChI is InChI=1S/C16H25N3O2S/c1-3-22(20,21)12-10-18-16(17-2)19-11-9-15(13-19)14-7-5-4-6-8-14/h4-8,15H,3,9-13H2,1-2H3,(H,17,18). The van der Waals surface area contributed by atoms with Crippen LogP contribution in [0.15, 0.2) is 35.3 Å². The molecule has 0 saturated carbocycles. The van der Waals surface area contributed by atoms with Crippen molar-refractivity contribution in [2.24, 2.45) is 4.99 Å². The quantitative estimate of drug-likeness (QED) is 0.659. The van der Waals surface area contributed by atoms with Crippen molar-refractivity contribution in [2.45, 2.75) is 19.3 Å². The molecule has 1 N–H and O–H groups in total. The number of rotatable bonds is 5. The second kappa shape index (κ2) is 7.63. The highest BCUT2D eigenvalue weighted by Gasteiger charge is 2.25. The molecule has 2 rings (SSSR count). The average molecular weight is 323 g/mol. The Kier molecular flexibility index (Phi) is 5.83. The molecule has 1 saturated heterocycles. The largest absolute Gasteiger partial charge is 0.355 e. The van der Waals surface area contributed by atoms with E-state index < -0.39 is 9.84 Å². The predicted octanol–water partition coefficient (Wildman–Crippen LogP) is 1.49. The molecule has 0 amide bonds. The fraction of sp³-hybridized carbons (Fsp3) is 0.562. The molecular weight excluding hydrogens is 298 g/mol. The summed E-state index contributed by atoms with van der Waals surface area (Å²) in [7, 11) is -1.19. The third-order valence-corrected chi connectivity index (χ3v) is 5.81. The molecule has 0 bridgehead atoms. The normalized spacial score (nSPS) is 19.5. The van der Waals surface area contributed by atoms with Crippen molar-refractivity contribution < 1.29 is 8.42 Å². The molecule has 0 aliphatic carbocycles. The number of hydrogen-bond donors (Lipinski definition) is 1. The second-order valence-corrected chi connectivity index (χ2v) is 8.03. The maximum atomic E-state index is 11.5. The van der Waals surface area contributed by atoms with Crippen LogP contribution in [0.5, 0.6) is 0 Å². The van der Waals surface area contributed by atoms with Gasteiger partial charge in [-0.05, 0) is 12.0 Å². The van der Waals surface area contributed by atoms with Gasteiger partial charge in [0, 0.05) is 38.4 Å². The van der Waals surface area contributed by atoms with Crippen molar-refractivity contribution in [3.8, 4) is 0 Å². The van der Waals surface area contributed by atoms with Crippen LogP contribution in [0, 0.1) is 0 Å². The van der Waals surface area contributed by atoms with Crippen molar-refractivity contribution in [2.75, 3.05) is 38.2 Å². The van der Waals surface area contributed by atoms with E-state index in [1.165, 1.54) is 5.56 Å². The minimum atomic E-state index is -2.94. The molecule has 6 heteroatoms. The van der Waals surface area contributed by atoms with E-state index >= 15 is 0 Å². The first-order valence-corrected chi connectivity index (χ1v) is 9.59. The summed E-state index contributed by atoms with van der Waals surface area (Å²) in [6.45, 7) is 3.95. The number of likely N-dealkylation sites (tertiary alicyclic amines) is 1. The minimum Gasteiger partial charge on any atom is -0.355 e. The van der Waals surface area contributed by atoms with Crippen molar-refractivity contribution >= 4 is 15.8 Å². The van der Waals surface area contributed by atoms with Crippen molar-refractivity contribution in [1.29, 1.82) is 0 Å². The molecule has 0 spiro atoms. The molecule has 1 fully saturated rings. The second-order valence-electron chi connectivity index (χ2n) is 5.55. The smallest absolute Gasteiger partial charge is 0.193 e. The van der Waals surface area contributed by atoms with Gasteiger partial charge in [0.15, 0.2) is 15.8 Å². The van der Waals surface area contributed by atoms with E-state index in [1.807, 2.05) is 6.07 Å². The maximum absolute atomic E-state index is 11.5. The van der Waals surface area contributed by atoms with Gasteiger partial charge < -0.3 is 10.2 Å². The Hall–Kier alpha value is -1.56. The zero-order valence-corrected chi connectivity index (χ0v) is 14.1. The first kappa shape index (κ1) is 16.8. The van der Waals surface area contributed by atoms with Crippen LogP contribution in [0.4, 0.5) is 0 Å². The Morgan fingerprint density at radius 3 is 2.73 bits per heavy atom. The molecule has 1 unspecified atom stereocenters. The highest BCUT2D eigenvalue weighted by Crippen LogP contribution is 2.26. The van der Waals surface area contributed by atoms with Gasteiger partial charge in [0.25, 0.3) is 0 Å². The van der Waals surface area contributed by atoms with Crippen LogP contribution in [-0.4, -0.2) is 57.5 Å². The van der Waals surface area contributed by atoms with Crippen molar-refractivity contribution in [3.05, 3.63) is 35.9 Å². The number of aliphatic imine (C=N–C) groups is 1. The summed E-state index contributed by atoms with van der Waals surface area (Å²) in [5.41, 5.74) is 1.36. The predicted molar refractivity (Wildman–Crippen MR) is 91.1 cm³/mol. The highest BCUT2D eigenvalue weighted by molar-refractivity contribution is 7.91. The van der Waals surface area contributed by atoms with E-state index in [0.717, 1.165) is 25.5 Å². The van der Waals surface area contributed by atoms with Gasteiger partial charge in [0.2, 0.25) is 0 Å². The van der Waals surface area contributed by atoms with Crippen LogP contribution in [0.1, 0.15) is 24.8 Å². The van der Waals surface area contributed by atoms with Gasteiger partial charge in [-0.2, -0.15) is 0 Å². The lowest BCUT2D eigenvalue weighted by molar-refractivity contribution is 0.488. The third kappa shape index (κ3) is 4.47. The first-order chi connectivity index (χ1) is 10.6. The fourth-order valence-electron chi connectivity index (χ4n) is 2.74. The number of nitrogens with one attached hydrogen (secondary N) is 1. The van der Waals surface area contributed by atoms with Crippen LogP contribution in [-0.2, 0) is 9.84 Å². The lowest BCUT2D eigenvalue weighted by atomic mass is 9.99. The highest BCUT2D eigenvalue weighted by atomic mass is 32.2. The summed E-state index contributed by atoms with van der Waals surface area (Å²) in [6, 6.07) is 10.5. The number of hydrogen-bond acceptors (Lipinski definition) is 3. The Morgan fingerprint density at radius 2 is 2.09 bits per heavy atom. The summed E-state index contributed by atoms with van der Waals surface area (Å²) in [5, 5.41) is 3.17. The molecule has 1 atom stereocenters. The molecular formula is C16H25N3O2S. The van der Waals surface area contributed by atoms with Crippen LogP contribution in [0.2, 0.25) is 0 Å². The summed E-state index contributed by atoms with van der Waals surface area (Å²) < 4.78 is 23.1. The maximum Gasteiger partial charge on any atom is 0.193 e. The summed E-state index contributed by atoms with van der Waals surface area (Å²) in [5.74, 6) is 1.65. The van der Waals surface area contributed by atoms with E-state index in [-0.39, 0.29) is 11.5 Å². The van der Waals surface area contributed by atoms with E-state index in [0.29, 0.717) is 12.5 Å². The number of guanidine groups is 1. The molecule has 122 valence electrons. The molecule has 5 nitrogen and oxygen atoms in total. The average Bonchev–Trinajstić information content (AvgIpc) is 3.02. The van der Waals surface area contributed by atoms with Gasteiger partial charge in [0.1, 0.15) is 0 Å². The molecule has 1 aliphatic heterocycles. The first-order valence-electron chi connectivity index (χ1n) is 7.76. The van der Waals surface area contributed by atoms with Crippen molar-refractivity contribution in [3.63, 3.8) is 0 Å². The molecule has 1 aliphatic rings. The Morgan fingerprint density at radius 1 is 1.36 bits per heavy atom. The van der Waals surface area contributed by atoms with Crippen LogP contribution < -0.4 is 5.32 Å². The number of sulfone groups is 1. The van der Waals surface area contributed by atoms with Gasteiger partial charge in [-0.3, -0.25) is 4.99 Å². The Bertz CT molecular complexity index is 599.